The van der Waals surface area contributed by atoms with Crippen molar-refractivity contribution in [3.63, 3.8) is 0 Å². The standard InChI is InChI=1S/C12H12ClFIN3/c1-7-9(12(13)18(2)17-7)6-16-11-4-3-8(14)5-10(11)15/h3-5,16H,6H2,1-2H3. The molecule has 0 spiro atoms. The molecule has 0 aliphatic carbocycles. The van der Waals surface area contributed by atoms with Gasteiger partial charge in [0.25, 0.3) is 0 Å². The Kier molecular flexibility index (Phi) is 4.11. The van der Waals surface area contributed by atoms with Crippen LogP contribution in [0.3, 0.4) is 0 Å². The first-order valence-corrected chi connectivity index (χ1v) is 6.81. The topological polar surface area (TPSA) is 29.9 Å². The second-order valence-electron chi connectivity index (χ2n) is 3.96. The van der Waals surface area contributed by atoms with Crippen molar-refractivity contribution in [3.8, 4) is 0 Å². The lowest BCUT2D eigenvalue weighted by Gasteiger charge is -2.08. The summed E-state index contributed by atoms with van der Waals surface area (Å²) in [6.45, 7) is 2.48. The molecule has 0 atom stereocenters. The number of nitrogens with one attached hydrogen (secondary N) is 1. The van der Waals surface area contributed by atoms with Crippen molar-refractivity contribution in [2.24, 2.45) is 7.05 Å². The number of aromatic nitrogens is 2. The number of nitrogens with zero attached hydrogens (tertiary/aromatic N) is 2. The quantitative estimate of drug-likeness (QED) is 0.824. The lowest BCUT2D eigenvalue weighted by molar-refractivity contribution is 0.627. The fraction of sp³-hybridized carbons (Fsp3) is 0.250. The zero-order valence-electron chi connectivity index (χ0n) is 9.97. The summed E-state index contributed by atoms with van der Waals surface area (Å²) in [4.78, 5) is 0. The molecule has 0 bridgehead atoms. The van der Waals surface area contributed by atoms with Gasteiger partial charge in [-0.3, -0.25) is 4.68 Å². The van der Waals surface area contributed by atoms with Gasteiger partial charge in [0, 0.05) is 28.4 Å². The van der Waals surface area contributed by atoms with Crippen molar-refractivity contribution >= 4 is 39.9 Å². The smallest absolute Gasteiger partial charge is 0.131 e. The van der Waals surface area contributed by atoms with Gasteiger partial charge in [-0.05, 0) is 47.7 Å². The van der Waals surface area contributed by atoms with Gasteiger partial charge in [-0.1, -0.05) is 11.6 Å². The van der Waals surface area contributed by atoms with Gasteiger partial charge in [0.05, 0.1) is 5.69 Å². The molecule has 2 rings (SSSR count). The monoisotopic (exact) mass is 379 g/mol. The van der Waals surface area contributed by atoms with Gasteiger partial charge in [-0.25, -0.2) is 4.39 Å². The number of hydrogen-bond donors (Lipinski definition) is 1. The molecule has 0 fully saturated rings. The normalized spacial score (nSPS) is 10.7. The van der Waals surface area contributed by atoms with Crippen molar-refractivity contribution in [2.45, 2.75) is 13.5 Å². The summed E-state index contributed by atoms with van der Waals surface area (Å²) >= 11 is 8.24. The fourth-order valence-electron chi connectivity index (χ4n) is 1.69. The van der Waals surface area contributed by atoms with E-state index >= 15 is 0 Å². The van der Waals surface area contributed by atoms with E-state index in [-0.39, 0.29) is 5.82 Å². The number of aryl methyl sites for hydroxylation is 2. The molecule has 0 saturated carbocycles. The Labute approximate surface area is 123 Å². The van der Waals surface area contributed by atoms with Crippen LogP contribution >= 0.6 is 34.2 Å². The third-order valence-electron chi connectivity index (χ3n) is 2.66. The zero-order valence-corrected chi connectivity index (χ0v) is 12.9. The molecule has 1 aromatic carbocycles. The Morgan fingerprint density at radius 2 is 2.22 bits per heavy atom. The van der Waals surface area contributed by atoms with Crippen LogP contribution in [0.15, 0.2) is 18.2 Å². The summed E-state index contributed by atoms with van der Waals surface area (Å²) in [6, 6.07) is 4.64. The summed E-state index contributed by atoms with van der Waals surface area (Å²) in [5.74, 6) is -0.236. The summed E-state index contributed by atoms with van der Waals surface area (Å²) in [5, 5.41) is 8.10. The molecule has 0 aliphatic rings. The Hall–Kier alpha value is -0.820. The van der Waals surface area contributed by atoms with Crippen LogP contribution in [0.2, 0.25) is 5.15 Å². The maximum atomic E-state index is 13.0. The molecule has 18 heavy (non-hydrogen) atoms. The van der Waals surface area contributed by atoms with Crippen LogP contribution in [0.5, 0.6) is 0 Å². The lowest BCUT2D eigenvalue weighted by atomic mass is 10.2. The van der Waals surface area contributed by atoms with Gasteiger partial charge >= 0.3 is 0 Å². The average Bonchev–Trinajstić information content (AvgIpc) is 2.53. The van der Waals surface area contributed by atoms with Crippen LogP contribution in [0, 0.1) is 16.3 Å². The summed E-state index contributed by atoms with van der Waals surface area (Å²) in [5.41, 5.74) is 2.74. The average molecular weight is 380 g/mol. The van der Waals surface area contributed by atoms with E-state index in [9.17, 15) is 4.39 Å². The van der Waals surface area contributed by atoms with E-state index in [2.05, 4.69) is 33.0 Å². The fourth-order valence-corrected chi connectivity index (χ4v) is 2.60. The zero-order chi connectivity index (χ0) is 13.3. The van der Waals surface area contributed by atoms with Crippen molar-refractivity contribution < 1.29 is 4.39 Å². The molecule has 96 valence electrons. The molecule has 0 aliphatic heterocycles. The van der Waals surface area contributed by atoms with Crippen molar-refractivity contribution in [1.82, 2.24) is 9.78 Å². The number of benzene rings is 1. The molecule has 1 N–H and O–H groups in total. The first-order valence-electron chi connectivity index (χ1n) is 5.36. The molecule has 6 heteroatoms. The highest BCUT2D eigenvalue weighted by Gasteiger charge is 2.11. The third kappa shape index (κ3) is 2.77. The van der Waals surface area contributed by atoms with Crippen LogP contribution in [-0.2, 0) is 13.6 Å². The van der Waals surface area contributed by atoms with E-state index in [4.69, 9.17) is 11.6 Å². The minimum atomic E-state index is -0.236. The van der Waals surface area contributed by atoms with E-state index in [1.165, 1.54) is 12.1 Å². The maximum Gasteiger partial charge on any atom is 0.131 e. The molecular formula is C12H12ClFIN3. The number of anilines is 1. The van der Waals surface area contributed by atoms with Gasteiger partial charge in [0.2, 0.25) is 0 Å². The van der Waals surface area contributed by atoms with Crippen LogP contribution < -0.4 is 5.32 Å². The molecule has 3 nitrogen and oxygen atoms in total. The van der Waals surface area contributed by atoms with Crippen molar-refractivity contribution in [3.05, 3.63) is 44.0 Å². The van der Waals surface area contributed by atoms with E-state index in [1.54, 1.807) is 17.8 Å². The third-order valence-corrected chi connectivity index (χ3v) is 4.02. The van der Waals surface area contributed by atoms with Crippen LogP contribution in [0.25, 0.3) is 0 Å². The van der Waals surface area contributed by atoms with Crippen LogP contribution in [0.1, 0.15) is 11.3 Å². The Bertz CT molecular complexity index is 583. The summed E-state index contributed by atoms with van der Waals surface area (Å²) in [6.07, 6.45) is 0. The molecule has 2 aromatic rings. The number of hydrogen-bond acceptors (Lipinski definition) is 2. The second kappa shape index (κ2) is 5.44. The Morgan fingerprint density at radius 1 is 1.50 bits per heavy atom. The van der Waals surface area contributed by atoms with E-state index in [0.29, 0.717) is 11.7 Å². The Balaban J connectivity index is 2.16. The number of rotatable bonds is 3. The van der Waals surface area contributed by atoms with Gasteiger partial charge in [-0.2, -0.15) is 5.10 Å². The highest BCUT2D eigenvalue weighted by atomic mass is 127. The molecule has 0 unspecified atom stereocenters. The van der Waals surface area contributed by atoms with E-state index in [0.717, 1.165) is 20.5 Å². The van der Waals surface area contributed by atoms with E-state index in [1.807, 2.05) is 6.92 Å². The first-order chi connectivity index (χ1) is 8.49. The predicted molar refractivity (Wildman–Crippen MR) is 79.4 cm³/mol. The molecule has 1 heterocycles. The molecular weight excluding hydrogens is 368 g/mol. The highest BCUT2D eigenvalue weighted by molar-refractivity contribution is 14.1. The van der Waals surface area contributed by atoms with Crippen molar-refractivity contribution in [2.75, 3.05) is 5.32 Å². The van der Waals surface area contributed by atoms with Crippen LogP contribution in [0.4, 0.5) is 10.1 Å². The first kappa shape index (κ1) is 13.6. The maximum absolute atomic E-state index is 13.0. The van der Waals surface area contributed by atoms with Gasteiger partial charge < -0.3 is 5.32 Å². The minimum Gasteiger partial charge on any atom is -0.380 e. The van der Waals surface area contributed by atoms with Gasteiger partial charge in [0.15, 0.2) is 0 Å². The molecule has 0 saturated heterocycles. The van der Waals surface area contributed by atoms with Crippen molar-refractivity contribution in [1.29, 1.82) is 0 Å². The summed E-state index contributed by atoms with van der Waals surface area (Å²) < 4.78 is 15.5. The summed E-state index contributed by atoms with van der Waals surface area (Å²) in [7, 11) is 1.81. The lowest BCUT2D eigenvalue weighted by Crippen LogP contribution is -2.02. The van der Waals surface area contributed by atoms with Crippen LogP contribution in [-0.4, -0.2) is 9.78 Å². The largest absolute Gasteiger partial charge is 0.380 e. The molecule has 1 aromatic heterocycles. The molecule has 0 radical (unpaired) electrons. The predicted octanol–water partition coefficient (Wildman–Crippen LogP) is 3.74. The second-order valence-corrected chi connectivity index (χ2v) is 5.48. The molecule has 0 amide bonds. The van der Waals surface area contributed by atoms with E-state index < -0.39 is 0 Å². The van der Waals surface area contributed by atoms with Gasteiger partial charge in [0.1, 0.15) is 11.0 Å². The minimum absolute atomic E-state index is 0.236. The SMILES string of the molecule is Cc1nn(C)c(Cl)c1CNc1ccc(F)cc1I. The highest BCUT2D eigenvalue weighted by Crippen LogP contribution is 2.23. The Morgan fingerprint density at radius 3 is 2.78 bits per heavy atom. The van der Waals surface area contributed by atoms with Gasteiger partial charge in [-0.15, -0.1) is 0 Å². The number of halogens is 3.